The lowest BCUT2D eigenvalue weighted by Crippen LogP contribution is -2.23. The van der Waals surface area contributed by atoms with Gasteiger partial charge in [-0.2, -0.15) is 15.0 Å². The monoisotopic (exact) mass is 636 g/mol. The predicted molar refractivity (Wildman–Crippen MR) is 156 cm³/mol. The molecule has 1 aromatic heterocycles. The number of hydrogen-bond acceptors (Lipinski definition) is 6. The highest BCUT2D eigenvalue weighted by atomic mass is 79.9. The molecule has 7 nitrogen and oxygen atoms in total. The first-order chi connectivity index (χ1) is 18.4. The summed E-state index contributed by atoms with van der Waals surface area (Å²) in [6.45, 7) is 6.61. The molecule has 0 spiro atoms. The first-order valence-corrected chi connectivity index (χ1v) is 13.8. The van der Waals surface area contributed by atoms with Crippen LogP contribution in [0.4, 0.5) is 0 Å². The van der Waals surface area contributed by atoms with Crippen molar-refractivity contribution in [2.75, 3.05) is 6.61 Å². The van der Waals surface area contributed by atoms with Gasteiger partial charge in [0.25, 0.3) is 5.56 Å². The number of rotatable bonds is 9. The molecule has 194 valence electrons. The van der Waals surface area contributed by atoms with Crippen LogP contribution in [0.5, 0.6) is 11.5 Å². The van der Waals surface area contributed by atoms with Gasteiger partial charge in [-0.25, -0.2) is 4.98 Å². The standard InChI is InChI=1S/C29H26Br2N4O3/c1-4-18(3)28-34-25-11-10-22(30)14-23(25)29(36)35(28)33-16-19-12-24(31)27(26(13-19)37-5-2)38-17-21-9-7-6-8-20(21)15-32/h6-14,16,18H,4-5,17H2,1-3H3/t18-/m1/s1. The Morgan fingerprint density at radius 3 is 2.66 bits per heavy atom. The Labute approximate surface area is 238 Å². The summed E-state index contributed by atoms with van der Waals surface area (Å²) in [5.41, 5.74) is 2.46. The summed E-state index contributed by atoms with van der Waals surface area (Å²) in [7, 11) is 0. The quantitative estimate of drug-likeness (QED) is 0.182. The van der Waals surface area contributed by atoms with Gasteiger partial charge in [-0.1, -0.05) is 48.0 Å². The van der Waals surface area contributed by atoms with Crippen molar-refractivity contribution in [3.63, 3.8) is 0 Å². The lowest BCUT2D eigenvalue weighted by Gasteiger charge is -2.16. The number of hydrogen-bond donors (Lipinski definition) is 0. The van der Waals surface area contributed by atoms with Crippen LogP contribution in [-0.4, -0.2) is 22.5 Å². The average Bonchev–Trinajstić information content (AvgIpc) is 2.92. The molecule has 0 fully saturated rings. The molecule has 4 aromatic rings. The third-order valence-electron chi connectivity index (χ3n) is 6.05. The van der Waals surface area contributed by atoms with E-state index in [-0.39, 0.29) is 18.1 Å². The van der Waals surface area contributed by atoms with Gasteiger partial charge in [0.2, 0.25) is 0 Å². The van der Waals surface area contributed by atoms with Crippen molar-refractivity contribution in [1.29, 1.82) is 5.26 Å². The molecule has 0 saturated heterocycles. The lowest BCUT2D eigenvalue weighted by molar-refractivity contribution is 0.267. The molecule has 0 aliphatic heterocycles. The Morgan fingerprint density at radius 2 is 1.92 bits per heavy atom. The van der Waals surface area contributed by atoms with Gasteiger partial charge in [0.1, 0.15) is 12.4 Å². The van der Waals surface area contributed by atoms with Gasteiger partial charge < -0.3 is 9.47 Å². The van der Waals surface area contributed by atoms with E-state index in [1.165, 1.54) is 4.68 Å². The van der Waals surface area contributed by atoms with E-state index in [0.717, 1.165) is 16.5 Å². The van der Waals surface area contributed by atoms with Crippen molar-refractivity contribution < 1.29 is 9.47 Å². The van der Waals surface area contributed by atoms with Crippen LogP contribution in [0.3, 0.4) is 0 Å². The summed E-state index contributed by atoms with van der Waals surface area (Å²) < 4.78 is 14.8. The number of nitrogens with zero attached hydrogens (tertiary/aromatic N) is 4. The van der Waals surface area contributed by atoms with E-state index in [1.54, 1.807) is 18.3 Å². The highest BCUT2D eigenvalue weighted by Gasteiger charge is 2.17. The zero-order valence-electron chi connectivity index (χ0n) is 21.2. The molecule has 0 unspecified atom stereocenters. The molecule has 9 heteroatoms. The third-order valence-corrected chi connectivity index (χ3v) is 7.13. The van der Waals surface area contributed by atoms with Crippen LogP contribution < -0.4 is 15.0 Å². The molecule has 0 radical (unpaired) electrons. The first-order valence-electron chi connectivity index (χ1n) is 12.2. The maximum atomic E-state index is 13.4. The molecule has 1 atom stereocenters. The topological polar surface area (TPSA) is 89.5 Å². The Kier molecular flexibility index (Phi) is 8.97. The van der Waals surface area contributed by atoms with Crippen LogP contribution in [0.2, 0.25) is 0 Å². The molecule has 0 aliphatic carbocycles. The van der Waals surface area contributed by atoms with Crippen LogP contribution in [-0.2, 0) is 6.61 Å². The Bertz CT molecular complexity index is 1610. The summed E-state index contributed by atoms with van der Waals surface area (Å²) in [5, 5.41) is 14.4. The van der Waals surface area contributed by atoms with Crippen LogP contribution in [0.25, 0.3) is 10.9 Å². The third kappa shape index (κ3) is 5.98. The van der Waals surface area contributed by atoms with Crippen LogP contribution in [0.15, 0.2) is 73.4 Å². The zero-order valence-corrected chi connectivity index (χ0v) is 24.4. The molecule has 38 heavy (non-hydrogen) atoms. The summed E-state index contributed by atoms with van der Waals surface area (Å²) in [5.74, 6) is 1.67. The average molecular weight is 638 g/mol. The smallest absolute Gasteiger partial charge is 0.282 e. The van der Waals surface area contributed by atoms with E-state index in [9.17, 15) is 10.1 Å². The summed E-state index contributed by atoms with van der Waals surface area (Å²) in [4.78, 5) is 18.2. The Hall–Kier alpha value is -3.48. The number of aromatic nitrogens is 2. The Morgan fingerprint density at radius 1 is 1.13 bits per heavy atom. The van der Waals surface area contributed by atoms with Crippen LogP contribution in [0, 0.1) is 11.3 Å². The molecule has 0 saturated carbocycles. The molecule has 4 rings (SSSR count). The maximum absolute atomic E-state index is 13.4. The molecule has 0 bridgehead atoms. The van der Waals surface area contributed by atoms with E-state index in [4.69, 9.17) is 14.5 Å². The van der Waals surface area contributed by atoms with E-state index in [2.05, 4.69) is 50.0 Å². The fourth-order valence-electron chi connectivity index (χ4n) is 3.87. The van der Waals surface area contributed by atoms with Gasteiger partial charge in [-0.3, -0.25) is 4.79 Å². The van der Waals surface area contributed by atoms with E-state index >= 15 is 0 Å². The summed E-state index contributed by atoms with van der Waals surface area (Å²) >= 11 is 7.03. The number of halogens is 2. The zero-order chi connectivity index (χ0) is 27.2. The van der Waals surface area contributed by atoms with E-state index < -0.39 is 0 Å². The molecule has 0 N–H and O–H groups in total. The van der Waals surface area contributed by atoms with Crippen molar-refractivity contribution in [2.45, 2.75) is 39.7 Å². The largest absolute Gasteiger partial charge is 0.490 e. The fraction of sp³-hybridized carbons (Fsp3) is 0.241. The van der Waals surface area contributed by atoms with Gasteiger partial charge >= 0.3 is 0 Å². The van der Waals surface area contributed by atoms with Gasteiger partial charge in [0.15, 0.2) is 11.5 Å². The molecule has 0 amide bonds. The maximum Gasteiger partial charge on any atom is 0.282 e. The summed E-state index contributed by atoms with van der Waals surface area (Å²) in [6, 6.07) is 18.6. The number of nitriles is 1. The minimum atomic E-state index is -0.233. The van der Waals surface area contributed by atoms with Crippen LogP contribution >= 0.6 is 31.9 Å². The first kappa shape index (κ1) is 27.6. The Balaban J connectivity index is 1.72. The summed E-state index contributed by atoms with van der Waals surface area (Å²) in [6.07, 6.45) is 2.42. The number of benzene rings is 3. The number of fused-ring (bicyclic) bond motifs is 1. The van der Waals surface area contributed by atoms with Crippen molar-refractivity contribution in [1.82, 2.24) is 9.66 Å². The van der Waals surface area contributed by atoms with Crippen molar-refractivity contribution in [3.05, 3.63) is 96.4 Å². The van der Waals surface area contributed by atoms with E-state index in [1.807, 2.05) is 56.3 Å². The van der Waals surface area contributed by atoms with Gasteiger partial charge in [0, 0.05) is 16.0 Å². The van der Waals surface area contributed by atoms with Crippen LogP contribution in [0.1, 0.15) is 55.6 Å². The molecule has 0 aliphatic rings. The second-order valence-electron chi connectivity index (χ2n) is 8.62. The lowest BCUT2D eigenvalue weighted by atomic mass is 10.1. The van der Waals surface area contributed by atoms with Gasteiger partial charge in [-0.15, -0.1) is 0 Å². The van der Waals surface area contributed by atoms with Gasteiger partial charge in [0.05, 0.1) is 39.8 Å². The molecular formula is C29H26Br2N4O3. The van der Waals surface area contributed by atoms with Gasteiger partial charge in [-0.05, 0) is 71.2 Å². The molecule has 3 aromatic carbocycles. The predicted octanol–water partition coefficient (Wildman–Crippen LogP) is 7.17. The normalized spacial score (nSPS) is 12.0. The fourth-order valence-corrected chi connectivity index (χ4v) is 4.81. The number of ether oxygens (including phenoxy) is 2. The SMILES string of the molecule is CCOc1cc(C=Nn2c([C@H](C)CC)nc3ccc(Br)cc3c2=O)cc(Br)c1OCc1ccccc1C#N. The second-order valence-corrected chi connectivity index (χ2v) is 10.4. The highest BCUT2D eigenvalue weighted by Crippen LogP contribution is 2.37. The second kappa shape index (κ2) is 12.4. The minimum Gasteiger partial charge on any atom is -0.490 e. The highest BCUT2D eigenvalue weighted by molar-refractivity contribution is 9.10. The van der Waals surface area contributed by atoms with Crippen molar-refractivity contribution in [2.24, 2.45) is 5.10 Å². The van der Waals surface area contributed by atoms with Crippen molar-refractivity contribution >= 4 is 49.0 Å². The minimum absolute atomic E-state index is 0.0330. The van der Waals surface area contributed by atoms with E-state index in [0.29, 0.717) is 50.4 Å². The molecular weight excluding hydrogens is 612 g/mol. The van der Waals surface area contributed by atoms with Crippen molar-refractivity contribution in [3.8, 4) is 17.6 Å². The molecule has 1 heterocycles.